The van der Waals surface area contributed by atoms with Crippen molar-refractivity contribution in [3.05, 3.63) is 58.6 Å². The Bertz CT molecular complexity index is 1020. The van der Waals surface area contributed by atoms with Gasteiger partial charge in [-0.1, -0.05) is 6.92 Å². The molecule has 0 radical (unpaired) electrons. The number of aryl methyl sites for hydroxylation is 1. The molecule has 138 valence electrons. The van der Waals surface area contributed by atoms with Gasteiger partial charge in [0.1, 0.15) is 16.5 Å². The number of sulfonamides is 1. The molecule has 3 rings (SSSR count). The van der Waals surface area contributed by atoms with Crippen LogP contribution >= 0.6 is 11.3 Å². The van der Waals surface area contributed by atoms with E-state index < -0.39 is 21.4 Å². The van der Waals surface area contributed by atoms with Crippen LogP contribution in [-0.4, -0.2) is 23.2 Å². The zero-order chi connectivity index (χ0) is 18.9. The van der Waals surface area contributed by atoms with Gasteiger partial charge in [0.05, 0.1) is 16.6 Å². The Kier molecular flexibility index (Phi) is 4.96. The molecule has 1 aromatic carbocycles. The third-order valence-corrected chi connectivity index (χ3v) is 6.79. The highest BCUT2D eigenvalue weighted by molar-refractivity contribution is 7.89. The zero-order valence-electron chi connectivity index (χ0n) is 14.6. The summed E-state index contributed by atoms with van der Waals surface area (Å²) in [5, 5.41) is 6.50. The standard InChI is InChI=1S/C17H19FN4O2S2/c1-4-17(3,16-19-7-8-25-16)21-26(23,24)13-5-6-15(14(18)9-13)22-11-12(2)10-20-22/h5-11,21H,4H2,1-3H3/t17-/m0/s1. The van der Waals surface area contributed by atoms with Crippen LogP contribution < -0.4 is 4.72 Å². The molecule has 0 aliphatic heterocycles. The number of thiazole rings is 1. The van der Waals surface area contributed by atoms with Crippen molar-refractivity contribution in [3.8, 4) is 5.69 Å². The van der Waals surface area contributed by atoms with Gasteiger partial charge in [0.2, 0.25) is 10.0 Å². The summed E-state index contributed by atoms with van der Waals surface area (Å²) in [5.41, 5.74) is 0.210. The lowest BCUT2D eigenvalue weighted by molar-refractivity contribution is 0.415. The molecule has 9 heteroatoms. The van der Waals surface area contributed by atoms with Crippen LogP contribution in [-0.2, 0) is 15.6 Å². The molecule has 2 aromatic heterocycles. The lowest BCUT2D eigenvalue weighted by atomic mass is 10.0. The molecular weight excluding hydrogens is 375 g/mol. The van der Waals surface area contributed by atoms with Crippen LogP contribution in [0.1, 0.15) is 30.8 Å². The molecular formula is C17H19FN4O2S2. The Labute approximate surface area is 155 Å². The first-order valence-electron chi connectivity index (χ1n) is 8.00. The number of hydrogen-bond acceptors (Lipinski definition) is 5. The second-order valence-corrected chi connectivity index (χ2v) is 8.78. The molecule has 6 nitrogen and oxygen atoms in total. The van der Waals surface area contributed by atoms with E-state index in [1.807, 2.05) is 13.8 Å². The third-order valence-electron chi connectivity index (χ3n) is 4.16. The van der Waals surface area contributed by atoms with Crippen LogP contribution in [0.15, 0.2) is 47.1 Å². The highest BCUT2D eigenvalue weighted by Gasteiger charge is 2.33. The Morgan fingerprint density at radius 1 is 1.38 bits per heavy atom. The van der Waals surface area contributed by atoms with Crippen molar-refractivity contribution in [2.24, 2.45) is 0 Å². The number of aromatic nitrogens is 3. The van der Waals surface area contributed by atoms with Gasteiger partial charge in [0, 0.05) is 17.8 Å². The summed E-state index contributed by atoms with van der Waals surface area (Å²) in [7, 11) is -3.93. The van der Waals surface area contributed by atoms with Crippen LogP contribution in [0, 0.1) is 12.7 Å². The molecule has 1 N–H and O–H groups in total. The lowest BCUT2D eigenvalue weighted by Gasteiger charge is -2.27. The lowest BCUT2D eigenvalue weighted by Crippen LogP contribution is -2.42. The first-order chi connectivity index (χ1) is 12.2. The molecule has 0 fully saturated rings. The Hall–Kier alpha value is -2.10. The van der Waals surface area contributed by atoms with Crippen molar-refractivity contribution >= 4 is 21.4 Å². The van der Waals surface area contributed by atoms with Crippen LogP contribution in [0.2, 0.25) is 0 Å². The molecule has 0 aliphatic carbocycles. The van der Waals surface area contributed by atoms with Crippen molar-refractivity contribution < 1.29 is 12.8 Å². The van der Waals surface area contributed by atoms with Crippen molar-refractivity contribution in [1.29, 1.82) is 0 Å². The number of halogens is 1. The number of rotatable bonds is 6. The predicted octanol–water partition coefficient (Wildman–Crippen LogP) is 3.38. The molecule has 26 heavy (non-hydrogen) atoms. The van der Waals surface area contributed by atoms with Gasteiger partial charge < -0.3 is 0 Å². The smallest absolute Gasteiger partial charge is 0.241 e. The zero-order valence-corrected chi connectivity index (χ0v) is 16.2. The van der Waals surface area contributed by atoms with E-state index in [4.69, 9.17) is 0 Å². The fraction of sp³-hybridized carbons (Fsp3) is 0.294. The first-order valence-corrected chi connectivity index (χ1v) is 10.4. The highest BCUT2D eigenvalue weighted by atomic mass is 32.2. The summed E-state index contributed by atoms with van der Waals surface area (Å²) < 4.78 is 44.1. The SMILES string of the molecule is CC[C@](C)(NS(=O)(=O)c1ccc(-n2cc(C)cn2)c(F)c1)c1nccs1. The predicted molar refractivity (Wildman–Crippen MR) is 98.3 cm³/mol. The van der Waals surface area contributed by atoms with E-state index in [1.54, 1.807) is 30.9 Å². The number of nitrogens with one attached hydrogen (secondary N) is 1. The van der Waals surface area contributed by atoms with Crippen molar-refractivity contribution in [3.63, 3.8) is 0 Å². The number of nitrogens with zero attached hydrogens (tertiary/aromatic N) is 3. The fourth-order valence-corrected chi connectivity index (χ4v) is 4.85. The van der Waals surface area contributed by atoms with Crippen LogP contribution in [0.5, 0.6) is 0 Å². The largest absolute Gasteiger partial charge is 0.248 e. The summed E-state index contributed by atoms with van der Waals surface area (Å²) in [6.45, 7) is 5.47. The van der Waals surface area contributed by atoms with E-state index in [1.165, 1.54) is 28.2 Å². The molecule has 0 saturated heterocycles. The topological polar surface area (TPSA) is 76.9 Å². The minimum atomic E-state index is -3.93. The average Bonchev–Trinajstić information content (AvgIpc) is 3.26. The van der Waals surface area contributed by atoms with Gasteiger partial charge >= 0.3 is 0 Å². The fourth-order valence-electron chi connectivity index (χ4n) is 2.50. The van der Waals surface area contributed by atoms with Gasteiger partial charge in [-0.25, -0.2) is 22.5 Å². The summed E-state index contributed by atoms with van der Waals surface area (Å²) in [4.78, 5) is 4.08. The number of hydrogen-bond donors (Lipinski definition) is 1. The van der Waals surface area contributed by atoms with E-state index in [2.05, 4.69) is 14.8 Å². The van der Waals surface area contributed by atoms with Gasteiger partial charge in [0.15, 0.2) is 0 Å². The van der Waals surface area contributed by atoms with Gasteiger partial charge in [-0.2, -0.15) is 9.82 Å². The summed E-state index contributed by atoms with van der Waals surface area (Å²) in [6.07, 6.45) is 5.41. The van der Waals surface area contributed by atoms with Crippen LogP contribution in [0.25, 0.3) is 5.69 Å². The minimum Gasteiger partial charge on any atom is -0.248 e. The first kappa shape index (κ1) is 18.7. The maximum Gasteiger partial charge on any atom is 0.241 e. The molecule has 2 heterocycles. The van der Waals surface area contributed by atoms with E-state index >= 15 is 0 Å². The van der Waals surface area contributed by atoms with Crippen LogP contribution in [0.3, 0.4) is 0 Å². The van der Waals surface area contributed by atoms with E-state index in [-0.39, 0.29) is 10.6 Å². The molecule has 0 aliphatic rings. The minimum absolute atomic E-state index is 0.140. The second kappa shape index (κ2) is 6.90. The summed E-state index contributed by atoms with van der Waals surface area (Å²) in [6, 6.07) is 3.78. The monoisotopic (exact) mass is 394 g/mol. The van der Waals surface area contributed by atoms with Gasteiger partial charge in [-0.15, -0.1) is 11.3 Å². The Balaban J connectivity index is 1.93. The van der Waals surface area contributed by atoms with Crippen molar-refractivity contribution in [2.75, 3.05) is 0 Å². The van der Waals surface area contributed by atoms with Crippen LogP contribution in [0.4, 0.5) is 4.39 Å². The Morgan fingerprint density at radius 3 is 2.69 bits per heavy atom. The maximum atomic E-state index is 14.5. The molecule has 0 bridgehead atoms. The quantitative estimate of drug-likeness (QED) is 0.695. The van der Waals surface area contributed by atoms with Crippen molar-refractivity contribution in [2.45, 2.75) is 37.6 Å². The van der Waals surface area contributed by atoms with Crippen molar-refractivity contribution in [1.82, 2.24) is 19.5 Å². The summed E-state index contributed by atoms with van der Waals surface area (Å²) >= 11 is 1.37. The van der Waals surface area contributed by atoms with E-state index in [0.29, 0.717) is 11.4 Å². The van der Waals surface area contributed by atoms with E-state index in [0.717, 1.165) is 11.6 Å². The normalized spacial score (nSPS) is 14.3. The third kappa shape index (κ3) is 3.55. The molecule has 1 atom stereocenters. The van der Waals surface area contributed by atoms with Gasteiger partial charge in [0.25, 0.3) is 0 Å². The number of benzene rings is 1. The average molecular weight is 394 g/mol. The Morgan fingerprint density at radius 2 is 2.15 bits per heavy atom. The molecule has 3 aromatic rings. The maximum absolute atomic E-state index is 14.5. The molecule has 0 spiro atoms. The molecule has 0 unspecified atom stereocenters. The van der Waals surface area contributed by atoms with Gasteiger partial charge in [-0.05, 0) is 44.0 Å². The second-order valence-electron chi connectivity index (χ2n) is 6.20. The molecule has 0 saturated carbocycles. The highest BCUT2D eigenvalue weighted by Crippen LogP contribution is 2.29. The molecule has 0 amide bonds. The van der Waals surface area contributed by atoms with Gasteiger partial charge in [-0.3, -0.25) is 0 Å². The summed E-state index contributed by atoms with van der Waals surface area (Å²) in [5.74, 6) is -0.663. The van der Waals surface area contributed by atoms with E-state index in [9.17, 15) is 12.8 Å².